The molecule has 11 heteroatoms. The normalized spacial score (nSPS) is 24.9. The van der Waals surface area contributed by atoms with Gasteiger partial charge < -0.3 is 21.5 Å². The minimum atomic E-state index is -1.16. The molecule has 162 valence electrons. The van der Waals surface area contributed by atoms with E-state index in [2.05, 4.69) is 15.6 Å². The van der Waals surface area contributed by atoms with Crippen LogP contribution < -0.4 is 16.4 Å². The maximum absolute atomic E-state index is 12.8. The lowest BCUT2D eigenvalue weighted by molar-refractivity contribution is -0.150. The van der Waals surface area contributed by atoms with Crippen molar-refractivity contribution in [1.29, 1.82) is 0 Å². The van der Waals surface area contributed by atoms with Crippen LogP contribution in [0.5, 0.6) is 0 Å². The van der Waals surface area contributed by atoms with Crippen LogP contribution in [0, 0.1) is 0 Å². The Morgan fingerprint density at radius 2 is 2.16 bits per heavy atom. The van der Waals surface area contributed by atoms with E-state index in [1.54, 1.807) is 30.6 Å². The van der Waals surface area contributed by atoms with Crippen molar-refractivity contribution in [2.45, 2.75) is 17.5 Å². The van der Waals surface area contributed by atoms with Gasteiger partial charge in [-0.25, -0.2) is 4.79 Å². The van der Waals surface area contributed by atoms with Gasteiger partial charge in [-0.05, 0) is 16.5 Å². The SMILES string of the molecule is N[C@@H](C(=O)NC1C(=O)N2C(C(=O)O)=C(SC=C3CN=CNC3)CS[C@H]12)c1ccccc1. The van der Waals surface area contributed by atoms with E-state index in [-0.39, 0.29) is 5.70 Å². The van der Waals surface area contributed by atoms with E-state index in [1.165, 1.54) is 28.4 Å². The average molecular weight is 460 g/mol. The number of hydrogen-bond donors (Lipinski definition) is 4. The predicted molar refractivity (Wildman–Crippen MR) is 120 cm³/mol. The van der Waals surface area contributed by atoms with Crippen LogP contribution in [0.15, 0.2) is 56.9 Å². The summed E-state index contributed by atoms with van der Waals surface area (Å²) in [5.41, 5.74) is 7.66. The van der Waals surface area contributed by atoms with Gasteiger partial charge in [0.05, 0.1) is 12.9 Å². The molecule has 2 amide bonds. The third kappa shape index (κ3) is 4.34. The zero-order chi connectivity index (χ0) is 22.0. The fourth-order valence-corrected chi connectivity index (χ4v) is 5.86. The van der Waals surface area contributed by atoms with E-state index in [1.807, 2.05) is 11.5 Å². The summed E-state index contributed by atoms with van der Waals surface area (Å²) in [6.07, 6.45) is 1.64. The van der Waals surface area contributed by atoms with Gasteiger partial charge in [0, 0.05) is 17.2 Å². The first-order chi connectivity index (χ1) is 15.0. The minimum Gasteiger partial charge on any atom is -0.477 e. The highest BCUT2D eigenvalue weighted by Crippen LogP contribution is 2.44. The molecule has 0 aromatic heterocycles. The van der Waals surface area contributed by atoms with Crippen molar-refractivity contribution < 1.29 is 19.5 Å². The van der Waals surface area contributed by atoms with Crippen LogP contribution in [0.4, 0.5) is 0 Å². The molecule has 3 aliphatic heterocycles. The van der Waals surface area contributed by atoms with E-state index in [0.717, 1.165) is 5.57 Å². The molecular weight excluding hydrogens is 438 g/mol. The number of nitrogens with two attached hydrogens (primary N) is 1. The summed E-state index contributed by atoms with van der Waals surface area (Å²) in [4.78, 5) is 43.2. The van der Waals surface area contributed by atoms with Crippen molar-refractivity contribution in [3.63, 3.8) is 0 Å². The number of nitrogens with zero attached hydrogens (tertiary/aromatic N) is 2. The fraction of sp³-hybridized carbons (Fsp3) is 0.300. The standard InChI is InChI=1S/C20H21N5O4S2/c21-14(12-4-2-1-3-5-12)17(26)24-15-18(27)25-16(20(28)29)13(9-31-19(15)25)30-8-11-6-22-10-23-7-11/h1-5,8,10,14-15,19H,6-7,9,21H2,(H,22,23)(H,24,26)(H,28,29)/t14-,15?,19-/m1/s1. The Balaban J connectivity index is 1.46. The summed E-state index contributed by atoms with van der Waals surface area (Å²) < 4.78 is 0. The van der Waals surface area contributed by atoms with Gasteiger partial charge in [-0.1, -0.05) is 42.1 Å². The van der Waals surface area contributed by atoms with Gasteiger partial charge in [0.15, 0.2) is 0 Å². The monoisotopic (exact) mass is 459 g/mol. The number of carbonyl (C=O) groups excluding carboxylic acids is 2. The van der Waals surface area contributed by atoms with Crippen LogP contribution >= 0.6 is 23.5 Å². The smallest absolute Gasteiger partial charge is 0.353 e. The number of amides is 2. The summed E-state index contributed by atoms with van der Waals surface area (Å²) >= 11 is 2.72. The second kappa shape index (κ2) is 9.16. The van der Waals surface area contributed by atoms with E-state index in [9.17, 15) is 19.5 Å². The molecule has 1 aromatic carbocycles. The summed E-state index contributed by atoms with van der Waals surface area (Å²) in [6.45, 7) is 1.21. The topological polar surface area (TPSA) is 137 Å². The fourth-order valence-electron chi connectivity index (χ4n) is 3.43. The molecule has 31 heavy (non-hydrogen) atoms. The van der Waals surface area contributed by atoms with Crippen LogP contribution in [-0.2, 0) is 14.4 Å². The first-order valence-corrected chi connectivity index (χ1v) is 11.5. The zero-order valence-corrected chi connectivity index (χ0v) is 18.0. The molecular formula is C20H21N5O4S2. The number of carbonyl (C=O) groups is 3. The Labute approximate surface area is 187 Å². The van der Waals surface area contributed by atoms with Crippen LogP contribution in [0.3, 0.4) is 0 Å². The van der Waals surface area contributed by atoms with Gasteiger partial charge in [0.1, 0.15) is 23.2 Å². The van der Waals surface area contributed by atoms with Crippen molar-refractivity contribution in [3.8, 4) is 0 Å². The molecule has 0 radical (unpaired) electrons. The van der Waals surface area contributed by atoms with Gasteiger partial charge in [-0.2, -0.15) is 0 Å². The van der Waals surface area contributed by atoms with Crippen molar-refractivity contribution in [2.75, 3.05) is 18.8 Å². The van der Waals surface area contributed by atoms with Crippen LogP contribution in [-0.4, -0.2) is 64.4 Å². The van der Waals surface area contributed by atoms with Gasteiger partial charge in [0.25, 0.3) is 5.91 Å². The van der Waals surface area contributed by atoms with Crippen molar-refractivity contribution in [1.82, 2.24) is 15.5 Å². The second-order valence-electron chi connectivity index (χ2n) is 7.11. The molecule has 9 nitrogen and oxygen atoms in total. The predicted octanol–water partition coefficient (Wildman–Crippen LogP) is 0.631. The van der Waals surface area contributed by atoms with Gasteiger partial charge in [-0.15, -0.1) is 11.8 Å². The number of carboxylic acids is 1. The molecule has 0 spiro atoms. The quantitative estimate of drug-likeness (QED) is 0.455. The molecule has 0 bridgehead atoms. The Hall–Kier alpha value is -2.76. The highest BCUT2D eigenvalue weighted by atomic mass is 32.2. The second-order valence-corrected chi connectivity index (χ2v) is 9.18. The summed E-state index contributed by atoms with van der Waals surface area (Å²) in [7, 11) is 0. The molecule has 3 atom stereocenters. The molecule has 3 heterocycles. The van der Waals surface area contributed by atoms with Crippen LogP contribution in [0.25, 0.3) is 0 Å². The number of thioether (sulfide) groups is 2. The van der Waals surface area contributed by atoms with Crippen molar-refractivity contribution in [3.05, 3.63) is 57.5 Å². The lowest BCUT2D eigenvalue weighted by atomic mass is 10.0. The highest BCUT2D eigenvalue weighted by molar-refractivity contribution is 8.08. The lowest BCUT2D eigenvalue weighted by Crippen LogP contribution is -2.71. The maximum Gasteiger partial charge on any atom is 0.353 e. The third-order valence-electron chi connectivity index (χ3n) is 5.05. The first-order valence-electron chi connectivity index (χ1n) is 9.55. The van der Waals surface area contributed by atoms with Gasteiger partial charge in [-0.3, -0.25) is 19.5 Å². The van der Waals surface area contributed by atoms with E-state index >= 15 is 0 Å². The van der Waals surface area contributed by atoms with E-state index < -0.39 is 35.2 Å². The largest absolute Gasteiger partial charge is 0.477 e. The molecule has 1 aromatic rings. The number of benzene rings is 1. The Morgan fingerprint density at radius 1 is 1.39 bits per heavy atom. The minimum absolute atomic E-state index is 0.0271. The molecule has 4 rings (SSSR count). The molecule has 1 saturated heterocycles. The van der Waals surface area contributed by atoms with Crippen LogP contribution in [0.2, 0.25) is 0 Å². The average Bonchev–Trinajstić information content (AvgIpc) is 2.80. The molecule has 1 fully saturated rings. The molecule has 0 saturated carbocycles. The number of β-lactam (4-membered cyclic amide) rings is 1. The highest BCUT2D eigenvalue weighted by Gasteiger charge is 2.54. The number of fused-ring (bicyclic) bond motifs is 1. The Morgan fingerprint density at radius 3 is 2.84 bits per heavy atom. The Kier molecular flexibility index (Phi) is 6.35. The molecule has 3 aliphatic rings. The van der Waals surface area contributed by atoms with Crippen molar-refractivity contribution >= 4 is 47.6 Å². The number of aliphatic carboxylic acids is 1. The van der Waals surface area contributed by atoms with E-state index in [0.29, 0.717) is 29.3 Å². The van der Waals surface area contributed by atoms with Gasteiger partial charge >= 0.3 is 5.97 Å². The summed E-state index contributed by atoms with van der Waals surface area (Å²) in [5.74, 6) is -1.65. The molecule has 0 aliphatic carbocycles. The van der Waals surface area contributed by atoms with Crippen molar-refractivity contribution in [2.24, 2.45) is 10.7 Å². The summed E-state index contributed by atoms with van der Waals surface area (Å²) in [6, 6.07) is 7.16. The van der Waals surface area contributed by atoms with Crippen LogP contribution in [0.1, 0.15) is 11.6 Å². The molecule has 1 unspecified atom stereocenters. The lowest BCUT2D eigenvalue weighted by Gasteiger charge is -2.49. The molecule has 5 N–H and O–H groups in total. The number of aliphatic imine (C=N–C) groups is 1. The van der Waals surface area contributed by atoms with E-state index in [4.69, 9.17) is 5.73 Å². The number of rotatable bonds is 6. The Bertz CT molecular complexity index is 995. The number of nitrogens with one attached hydrogen (secondary N) is 2. The summed E-state index contributed by atoms with van der Waals surface area (Å²) in [5, 5.41) is 16.9. The number of hydrogen-bond acceptors (Lipinski definition) is 8. The zero-order valence-electron chi connectivity index (χ0n) is 16.4. The third-order valence-corrected chi connectivity index (χ3v) is 7.58. The van der Waals surface area contributed by atoms with Gasteiger partial charge in [0.2, 0.25) is 5.91 Å². The maximum atomic E-state index is 12.8. The number of carboxylic acid groups (broad SMARTS) is 1. The first kappa shape index (κ1) is 21.5.